The molecule has 15 heavy (non-hydrogen) atoms. The van der Waals surface area contributed by atoms with Crippen LogP contribution in [0.4, 0.5) is 0 Å². The van der Waals surface area contributed by atoms with E-state index in [-0.39, 0.29) is 5.54 Å². The summed E-state index contributed by atoms with van der Waals surface area (Å²) in [6, 6.07) is 4.06. The minimum atomic E-state index is -0.138. The second kappa shape index (κ2) is 2.79. The highest BCUT2D eigenvalue weighted by Gasteiger charge is 2.42. The molecule has 3 rings (SSSR count). The van der Waals surface area contributed by atoms with Crippen LogP contribution in [0.25, 0.3) is 5.65 Å². The molecule has 0 aliphatic heterocycles. The standard InChI is InChI=1S/C11H14N4/c1-2-9-13-10-8(11(12)5-6-11)4-3-7-15(10)14-9/h3-4,7H,2,5-6,12H2,1H3. The molecule has 0 radical (unpaired) electrons. The molecule has 0 saturated heterocycles. The number of pyridine rings is 1. The first-order valence-electron chi connectivity index (χ1n) is 5.36. The second-order valence-corrected chi connectivity index (χ2v) is 4.23. The molecule has 78 valence electrons. The summed E-state index contributed by atoms with van der Waals surface area (Å²) >= 11 is 0. The number of nitrogens with two attached hydrogens (primary N) is 1. The quantitative estimate of drug-likeness (QED) is 0.797. The lowest BCUT2D eigenvalue weighted by Crippen LogP contribution is -2.19. The summed E-state index contributed by atoms with van der Waals surface area (Å²) < 4.78 is 1.83. The first-order valence-corrected chi connectivity index (χ1v) is 5.36. The van der Waals surface area contributed by atoms with Gasteiger partial charge in [0.2, 0.25) is 0 Å². The highest BCUT2D eigenvalue weighted by Crippen LogP contribution is 2.43. The number of hydrogen-bond donors (Lipinski definition) is 1. The highest BCUT2D eigenvalue weighted by atomic mass is 15.3. The van der Waals surface area contributed by atoms with Crippen LogP contribution < -0.4 is 5.73 Å². The van der Waals surface area contributed by atoms with Crippen LogP contribution in [0.15, 0.2) is 18.3 Å². The predicted octanol–water partition coefficient (Wildman–Crippen LogP) is 1.24. The normalized spacial score (nSPS) is 18.3. The summed E-state index contributed by atoms with van der Waals surface area (Å²) in [6.45, 7) is 2.06. The van der Waals surface area contributed by atoms with Gasteiger partial charge in [0.05, 0.1) is 0 Å². The van der Waals surface area contributed by atoms with Crippen LogP contribution in [0.3, 0.4) is 0 Å². The maximum Gasteiger partial charge on any atom is 0.160 e. The fourth-order valence-electron chi connectivity index (χ4n) is 1.89. The van der Waals surface area contributed by atoms with E-state index < -0.39 is 0 Å². The first kappa shape index (κ1) is 8.85. The third-order valence-corrected chi connectivity index (χ3v) is 3.05. The summed E-state index contributed by atoms with van der Waals surface area (Å²) in [7, 11) is 0. The average molecular weight is 202 g/mol. The fourth-order valence-corrected chi connectivity index (χ4v) is 1.89. The van der Waals surface area contributed by atoms with Gasteiger partial charge in [-0.3, -0.25) is 0 Å². The molecule has 2 heterocycles. The van der Waals surface area contributed by atoms with Crippen molar-refractivity contribution in [1.29, 1.82) is 0 Å². The fraction of sp³-hybridized carbons (Fsp3) is 0.455. The molecule has 0 spiro atoms. The lowest BCUT2D eigenvalue weighted by molar-refractivity contribution is 0.737. The first-order chi connectivity index (χ1) is 7.23. The van der Waals surface area contributed by atoms with Crippen LogP contribution in [0.1, 0.15) is 31.2 Å². The van der Waals surface area contributed by atoms with Gasteiger partial charge < -0.3 is 5.73 Å². The van der Waals surface area contributed by atoms with Gasteiger partial charge in [-0.05, 0) is 18.9 Å². The average Bonchev–Trinajstić information content (AvgIpc) is 2.85. The van der Waals surface area contributed by atoms with Gasteiger partial charge in [-0.15, -0.1) is 0 Å². The Hall–Kier alpha value is -1.42. The van der Waals surface area contributed by atoms with Gasteiger partial charge in [0.15, 0.2) is 11.5 Å². The number of aromatic nitrogens is 3. The Morgan fingerprint density at radius 1 is 1.53 bits per heavy atom. The molecule has 1 aliphatic rings. The SMILES string of the molecule is CCc1nc2c(C3(N)CC3)cccn2n1. The molecule has 0 aromatic carbocycles. The smallest absolute Gasteiger partial charge is 0.160 e. The molecule has 1 saturated carbocycles. The van der Waals surface area contributed by atoms with Crippen molar-refractivity contribution in [2.45, 2.75) is 31.7 Å². The minimum Gasteiger partial charge on any atom is -0.321 e. The summed E-state index contributed by atoms with van der Waals surface area (Å²) in [5.41, 5.74) is 8.13. The molecule has 0 atom stereocenters. The van der Waals surface area contributed by atoms with E-state index in [1.54, 1.807) is 0 Å². The van der Waals surface area contributed by atoms with Crippen molar-refractivity contribution in [3.05, 3.63) is 29.7 Å². The van der Waals surface area contributed by atoms with Crippen molar-refractivity contribution < 1.29 is 0 Å². The zero-order chi connectivity index (χ0) is 10.5. The maximum atomic E-state index is 6.20. The third-order valence-electron chi connectivity index (χ3n) is 3.05. The molecule has 0 amide bonds. The number of aryl methyl sites for hydroxylation is 1. The Bertz CT molecular complexity index is 510. The van der Waals surface area contributed by atoms with Crippen LogP contribution in [0.5, 0.6) is 0 Å². The van der Waals surface area contributed by atoms with Crippen molar-refractivity contribution in [2.75, 3.05) is 0 Å². The molecular formula is C11H14N4. The van der Waals surface area contributed by atoms with Crippen LogP contribution in [-0.4, -0.2) is 14.6 Å². The van der Waals surface area contributed by atoms with Crippen LogP contribution in [-0.2, 0) is 12.0 Å². The molecule has 1 fully saturated rings. The van der Waals surface area contributed by atoms with Gasteiger partial charge >= 0.3 is 0 Å². The Labute approximate surface area is 88.1 Å². The zero-order valence-electron chi connectivity index (χ0n) is 8.77. The highest BCUT2D eigenvalue weighted by molar-refractivity contribution is 5.53. The molecule has 2 N–H and O–H groups in total. The van der Waals surface area contributed by atoms with E-state index in [0.717, 1.165) is 36.3 Å². The molecule has 4 nitrogen and oxygen atoms in total. The lowest BCUT2D eigenvalue weighted by Gasteiger charge is -2.08. The Morgan fingerprint density at radius 2 is 2.33 bits per heavy atom. The van der Waals surface area contributed by atoms with Crippen LogP contribution >= 0.6 is 0 Å². The number of fused-ring (bicyclic) bond motifs is 1. The van der Waals surface area contributed by atoms with E-state index in [1.807, 2.05) is 16.8 Å². The van der Waals surface area contributed by atoms with E-state index in [4.69, 9.17) is 5.73 Å². The van der Waals surface area contributed by atoms with E-state index >= 15 is 0 Å². The monoisotopic (exact) mass is 202 g/mol. The summed E-state index contributed by atoms with van der Waals surface area (Å²) in [6.07, 6.45) is 4.90. The van der Waals surface area contributed by atoms with E-state index in [1.165, 1.54) is 0 Å². The van der Waals surface area contributed by atoms with Gasteiger partial charge in [-0.25, -0.2) is 9.50 Å². The Kier molecular flexibility index (Phi) is 1.65. The van der Waals surface area contributed by atoms with Gasteiger partial charge in [0.1, 0.15) is 0 Å². The largest absolute Gasteiger partial charge is 0.321 e. The van der Waals surface area contributed by atoms with E-state index in [2.05, 4.69) is 23.1 Å². The van der Waals surface area contributed by atoms with Gasteiger partial charge in [-0.2, -0.15) is 5.10 Å². The molecule has 1 aliphatic carbocycles. The Balaban J connectivity index is 2.25. The Morgan fingerprint density at radius 3 is 3.00 bits per heavy atom. The number of nitrogens with zero attached hydrogens (tertiary/aromatic N) is 3. The molecule has 0 bridgehead atoms. The van der Waals surface area contributed by atoms with E-state index in [9.17, 15) is 0 Å². The van der Waals surface area contributed by atoms with Crippen molar-refractivity contribution >= 4 is 5.65 Å². The van der Waals surface area contributed by atoms with Crippen molar-refractivity contribution in [1.82, 2.24) is 14.6 Å². The minimum absolute atomic E-state index is 0.138. The maximum absolute atomic E-state index is 6.20. The summed E-state index contributed by atoms with van der Waals surface area (Å²) in [5.74, 6) is 0.881. The van der Waals surface area contributed by atoms with Gasteiger partial charge in [0, 0.05) is 23.7 Å². The molecular weight excluding hydrogens is 188 g/mol. The number of rotatable bonds is 2. The summed E-state index contributed by atoms with van der Waals surface area (Å²) in [4.78, 5) is 4.51. The molecule has 2 aromatic rings. The molecule has 0 unspecified atom stereocenters. The van der Waals surface area contributed by atoms with Crippen LogP contribution in [0.2, 0.25) is 0 Å². The zero-order valence-corrected chi connectivity index (χ0v) is 8.77. The number of hydrogen-bond acceptors (Lipinski definition) is 3. The third kappa shape index (κ3) is 1.25. The predicted molar refractivity (Wildman–Crippen MR) is 57.5 cm³/mol. The van der Waals surface area contributed by atoms with Gasteiger partial charge in [0.25, 0.3) is 0 Å². The van der Waals surface area contributed by atoms with Gasteiger partial charge in [-0.1, -0.05) is 13.0 Å². The molecule has 2 aromatic heterocycles. The lowest BCUT2D eigenvalue weighted by atomic mass is 10.1. The van der Waals surface area contributed by atoms with Crippen LogP contribution in [0, 0.1) is 0 Å². The molecule has 4 heteroatoms. The summed E-state index contributed by atoms with van der Waals surface area (Å²) in [5, 5.41) is 4.38. The topological polar surface area (TPSA) is 56.2 Å². The van der Waals surface area contributed by atoms with Crippen molar-refractivity contribution in [2.24, 2.45) is 5.73 Å². The second-order valence-electron chi connectivity index (χ2n) is 4.23. The van der Waals surface area contributed by atoms with E-state index in [0.29, 0.717) is 0 Å². The van der Waals surface area contributed by atoms with Crippen molar-refractivity contribution in [3.63, 3.8) is 0 Å². The van der Waals surface area contributed by atoms with Crippen molar-refractivity contribution in [3.8, 4) is 0 Å².